The standard InChI is InChI=1S/C40H28N2/c1-3-11-28(12-4-1)34-18-9-13-30-14-10-19-35(40(30)34)29-21-23-31(24-22-29)41-32-25-26-39-37(27-32)36-17-7-8-20-38(36)42(39)33-15-5-2-6-16-33/h1-27,41H. The van der Waals surface area contributed by atoms with Crippen LogP contribution in [0.5, 0.6) is 0 Å². The molecule has 198 valence electrons. The molecule has 2 heteroatoms. The Morgan fingerprint density at radius 1 is 0.405 bits per heavy atom. The molecule has 7 aromatic carbocycles. The van der Waals surface area contributed by atoms with E-state index >= 15 is 0 Å². The third-order valence-electron chi connectivity index (χ3n) is 8.16. The number of rotatable bonds is 5. The van der Waals surface area contributed by atoms with Crippen molar-refractivity contribution in [2.75, 3.05) is 5.32 Å². The van der Waals surface area contributed by atoms with Crippen molar-refractivity contribution in [2.24, 2.45) is 0 Å². The number of aromatic nitrogens is 1. The molecule has 8 rings (SSSR count). The maximum absolute atomic E-state index is 3.65. The summed E-state index contributed by atoms with van der Waals surface area (Å²) in [5.74, 6) is 0. The minimum absolute atomic E-state index is 1.06. The number of benzene rings is 7. The lowest BCUT2D eigenvalue weighted by atomic mass is 9.91. The van der Waals surface area contributed by atoms with Crippen molar-refractivity contribution in [3.63, 3.8) is 0 Å². The summed E-state index contributed by atoms with van der Waals surface area (Å²) in [6.07, 6.45) is 0. The lowest BCUT2D eigenvalue weighted by Gasteiger charge is -2.13. The molecule has 1 heterocycles. The van der Waals surface area contributed by atoms with E-state index in [0.29, 0.717) is 0 Å². The average molecular weight is 537 g/mol. The zero-order valence-electron chi connectivity index (χ0n) is 23.0. The zero-order valence-corrected chi connectivity index (χ0v) is 23.0. The van der Waals surface area contributed by atoms with E-state index < -0.39 is 0 Å². The monoisotopic (exact) mass is 536 g/mol. The van der Waals surface area contributed by atoms with Gasteiger partial charge >= 0.3 is 0 Å². The maximum Gasteiger partial charge on any atom is 0.0542 e. The highest BCUT2D eigenvalue weighted by Crippen LogP contribution is 2.38. The van der Waals surface area contributed by atoms with Gasteiger partial charge in [-0.25, -0.2) is 0 Å². The average Bonchev–Trinajstić information content (AvgIpc) is 3.39. The van der Waals surface area contributed by atoms with E-state index in [1.54, 1.807) is 0 Å². The molecule has 0 aliphatic rings. The fraction of sp³-hybridized carbons (Fsp3) is 0. The van der Waals surface area contributed by atoms with Crippen molar-refractivity contribution in [1.82, 2.24) is 4.57 Å². The number of nitrogens with zero attached hydrogens (tertiary/aromatic N) is 1. The van der Waals surface area contributed by atoms with Gasteiger partial charge in [0.05, 0.1) is 11.0 Å². The molecule has 0 spiro atoms. The largest absolute Gasteiger partial charge is 0.356 e. The molecule has 0 fully saturated rings. The summed E-state index contributed by atoms with van der Waals surface area (Å²) in [7, 11) is 0. The van der Waals surface area contributed by atoms with Gasteiger partial charge in [0.25, 0.3) is 0 Å². The molecule has 0 saturated heterocycles. The summed E-state index contributed by atoms with van der Waals surface area (Å²) in [5.41, 5.74) is 10.7. The first-order valence-corrected chi connectivity index (χ1v) is 14.4. The summed E-state index contributed by atoms with van der Waals surface area (Å²) >= 11 is 0. The Labute approximate surface area is 245 Å². The Kier molecular flexibility index (Phi) is 5.82. The van der Waals surface area contributed by atoms with Gasteiger partial charge in [-0.15, -0.1) is 0 Å². The van der Waals surface area contributed by atoms with E-state index in [9.17, 15) is 0 Å². The van der Waals surface area contributed by atoms with Gasteiger partial charge in [-0.2, -0.15) is 0 Å². The molecule has 0 saturated carbocycles. The van der Waals surface area contributed by atoms with E-state index in [-0.39, 0.29) is 0 Å². The molecular weight excluding hydrogens is 508 g/mol. The lowest BCUT2D eigenvalue weighted by Crippen LogP contribution is -1.94. The van der Waals surface area contributed by atoms with Gasteiger partial charge in [0, 0.05) is 27.8 Å². The molecule has 1 aromatic heterocycles. The molecular formula is C40H28N2. The molecule has 0 atom stereocenters. The van der Waals surface area contributed by atoms with Crippen LogP contribution in [-0.4, -0.2) is 4.57 Å². The third-order valence-corrected chi connectivity index (χ3v) is 8.16. The first-order valence-electron chi connectivity index (χ1n) is 14.4. The number of fused-ring (bicyclic) bond motifs is 4. The summed E-state index contributed by atoms with van der Waals surface area (Å²) in [4.78, 5) is 0. The van der Waals surface area contributed by atoms with Crippen LogP contribution in [0, 0.1) is 0 Å². The highest BCUT2D eigenvalue weighted by molar-refractivity contribution is 6.10. The second-order valence-corrected chi connectivity index (χ2v) is 10.7. The van der Waals surface area contributed by atoms with Crippen LogP contribution in [0.3, 0.4) is 0 Å². The maximum atomic E-state index is 3.65. The number of hydrogen-bond acceptors (Lipinski definition) is 1. The molecule has 0 amide bonds. The van der Waals surface area contributed by atoms with Crippen LogP contribution in [0.4, 0.5) is 11.4 Å². The minimum atomic E-state index is 1.06. The molecule has 0 unspecified atom stereocenters. The Bertz CT molecular complexity index is 2190. The highest BCUT2D eigenvalue weighted by atomic mass is 15.0. The van der Waals surface area contributed by atoms with Gasteiger partial charge in [-0.3, -0.25) is 0 Å². The fourth-order valence-corrected chi connectivity index (χ4v) is 6.25. The number of nitrogens with one attached hydrogen (secondary N) is 1. The van der Waals surface area contributed by atoms with Crippen LogP contribution >= 0.6 is 0 Å². The van der Waals surface area contributed by atoms with E-state index in [4.69, 9.17) is 0 Å². The first-order chi connectivity index (χ1) is 20.8. The van der Waals surface area contributed by atoms with Crippen LogP contribution in [0.1, 0.15) is 0 Å². The second-order valence-electron chi connectivity index (χ2n) is 10.7. The molecule has 2 nitrogen and oxygen atoms in total. The van der Waals surface area contributed by atoms with Crippen LogP contribution in [0.25, 0.3) is 60.5 Å². The van der Waals surface area contributed by atoms with Crippen LogP contribution < -0.4 is 5.32 Å². The number of para-hydroxylation sites is 2. The lowest BCUT2D eigenvalue weighted by molar-refractivity contribution is 1.18. The topological polar surface area (TPSA) is 17.0 Å². The summed E-state index contributed by atoms with van der Waals surface area (Å²) < 4.78 is 2.34. The Balaban J connectivity index is 1.16. The van der Waals surface area contributed by atoms with Crippen molar-refractivity contribution in [2.45, 2.75) is 0 Å². The van der Waals surface area contributed by atoms with E-state index in [1.807, 2.05) is 0 Å². The summed E-state index contributed by atoms with van der Waals surface area (Å²) in [6, 6.07) is 58.5. The smallest absolute Gasteiger partial charge is 0.0542 e. The molecule has 8 aromatic rings. The van der Waals surface area contributed by atoms with Crippen molar-refractivity contribution < 1.29 is 0 Å². The molecule has 0 bridgehead atoms. The van der Waals surface area contributed by atoms with E-state index in [2.05, 4.69) is 174 Å². The Hall–Kier alpha value is -5.60. The van der Waals surface area contributed by atoms with E-state index in [0.717, 1.165) is 11.4 Å². The van der Waals surface area contributed by atoms with E-state index in [1.165, 1.54) is 60.5 Å². The number of anilines is 2. The normalized spacial score (nSPS) is 11.3. The summed E-state index contributed by atoms with van der Waals surface area (Å²) in [6.45, 7) is 0. The molecule has 1 N–H and O–H groups in total. The SMILES string of the molecule is c1ccc(-c2cccc3cccc(-c4ccc(Nc5ccc6c(c5)c5ccccc5n6-c5ccccc5)cc4)c23)cc1. The van der Waals surface area contributed by atoms with Crippen LogP contribution in [0.15, 0.2) is 164 Å². The van der Waals surface area contributed by atoms with Gasteiger partial charge in [-0.1, -0.05) is 115 Å². The van der Waals surface area contributed by atoms with Gasteiger partial charge < -0.3 is 9.88 Å². The van der Waals surface area contributed by atoms with Crippen molar-refractivity contribution in [3.05, 3.63) is 164 Å². The third kappa shape index (κ3) is 4.13. The van der Waals surface area contributed by atoms with Gasteiger partial charge in [0.2, 0.25) is 0 Å². The molecule has 42 heavy (non-hydrogen) atoms. The fourth-order valence-electron chi connectivity index (χ4n) is 6.25. The predicted molar refractivity (Wildman–Crippen MR) is 179 cm³/mol. The quantitative estimate of drug-likeness (QED) is 0.231. The molecule has 0 radical (unpaired) electrons. The van der Waals surface area contributed by atoms with Gasteiger partial charge in [0.15, 0.2) is 0 Å². The second kappa shape index (κ2) is 10.1. The van der Waals surface area contributed by atoms with Crippen molar-refractivity contribution in [3.8, 4) is 27.9 Å². The predicted octanol–water partition coefficient (Wildman–Crippen LogP) is 11.0. The molecule has 0 aliphatic carbocycles. The van der Waals surface area contributed by atoms with Crippen molar-refractivity contribution in [1.29, 1.82) is 0 Å². The van der Waals surface area contributed by atoms with Gasteiger partial charge in [-0.05, 0) is 81.6 Å². The van der Waals surface area contributed by atoms with Crippen molar-refractivity contribution >= 4 is 44.0 Å². The highest BCUT2D eigenvalue weighted by Gasteiger charge is 2.13. The first kappa shape index (κ1) is 24.2. The zero-order chi connectivity index (χ0) is 27.9. The number of hydrogen-bond donors (Lipinski definition) is 1. The summed E-state index contributed by atoms with van der Waals surface area (Å²) in [5, 5.41) is 8.67. The minimum Gasteiger partial charge on any atom is -0.356 e. The van der Waals surface area contributed by atoms with Gasteiger partial charge in [0.1, 0.15) is 0 Å². The Morgan fingerprint density at radius 2 is 1.00 bits per heavy atom. The molecule has 0 aliphatic heterocycles. The van der Waals surface area contributed by atoms with Crippen LogP contribution in [-0.2, 0) is 0 Å². The van der Waals surface area contributed by atoms with Crippen LogP contribution in [0.2, 0.25) is 0 Å². The Morgan fingerprint density at radius 3 is 1.74 bits per heavy atom.